The van der Waals surface area contributed by atoms with Gasteiger partial charge in [0.05, 0.1) is 0 Å². The van der Waals surface area contributed by atoms with Gasteiger partial charge in [0, 0.05) is 19.4 Å². The second-order valence-electron chi connectivity index (χ2n) is 5.58. The van der Waals surface area contributed by atoms with E-state index in [0.717, 1.165) is 36.8 Å². The molecule has 1 unspecified atom stereocenters. The molecule has 0 saturated heterocycles. The quantitative estimate of drug-likeness (QED) is 0.820. The summed E-state index contributed by atoms with van der Waals surface area (Å²) in [5.74, 6) is 3.45. The summed E-state index contributed by atoms with van der Waals surface area (Å²) in [4.78, 5) is 4.54. The molecular weight excluding hydrogens is 230 g/mol. The standard InChI is InChI=1S/C13H25N3S/c1-6-11-14-12(7-2)16(15-11)8-10(9-17)13(3,4)5/h10,17H,6-9H2,1-5H3. The number of hydrogen-bond donors (Lipinski definition) is 1. The highest BCUT2D eigenvalue weighted by molar-refractivity contribution is 7.80. The summed E-state index contributed by atoms with van der Waals surface area (Å²) in [7, 11) is 0. The third-order valence-corrected chi connectivity index (χ3v) is 3.70. The van der Waals surface area contributed by atoms with Crippen LogP contribution in [0.4, 0.5) is 0 Å². The average Bonchev–Trinajstić information content (AvgIpc) is 2.66. The van der Waals surface area contributed by atoms with E-state index >= 15 is 0 Å². The van der Waals surface area contributed by atoms with Gasteiger partial charge in [0.1, 0.15) is 5.82 Å². The highest BCUT2D eigenvalue weighted by Gasteiger charge is 2.25. The fraction of sp³-hybridized carbons (Fsp3) is 0.846. The van der Waals surface area contributed by atoms with Gasteiger partial charge in [0.15, 0.2) is 5.82 Å². The molecule has 1 atom stereocenters. The molecule has 3 nitrogen and oxygen atoms in total. The van der Waals surface area contributed by atoms with E-state index in [1.807, 2.05) is 0 Å². The lowest BCUT2D eigenvalue weighted by Crippen LogP contribution is -2.28. The topological polar surface area (TPSA) is 30.7 Å². The van der Waals surface area contributed by atoms with E-state index in [1.54, 1.807) is 0 Å². The van der Waals surface area contributed by atoms with E-state index in [-0.39, 0.29) is 5.41 Å². The highest BCUT2D eigenvalue weighted by Crippen LogP contribution is 2.28. The van der Waals surface area contributed by atoms with Gasteiger partial charge >= 0.3 is 0 Å². The molecule has 0 aliphatic rings. The van der Waals surface area contributed by atoms with Crippen LogP contribution in [0, 0.1) is 11.3 Å². The van der Waals surface area contributed by atoms with Crippen LogP contribution >= 0.6 is 12.6 Å². The molecule has 0 spiro atoms. The largest absolute Gasteiger partial charge is 0.250 e. The summed E-state index contributed by atoms with van der Waals surface area (Å²) in [5.41, 5.74) is 0.255. The van der Waals surface area contributed by atoms with Crippen molar-refractivity contribution in [3.63, 3.8) is 0 Å². The van der Waals surface area contributed by atoms with Gasteiger partial charge in [0.2, 0.25) is 0 Å². The van der Waals surface area contributed by atoms with Gasteiger partial charge < -0.3 is 0 Å². The molecule has 0 fully saturated rings. The van der Waals surface area contributed by atoms with Crippen LogP contribution in [0.25, 0.3) is 0 Å². The summed E-state index contributed by atoms with van der Waals surface area (Å²) in [6.45, 7) is 11.9. The van der Waals surface area contributed by atoms with E-state index in [4.69, 9.17) is 0 Å². The van der Waals surface area contributed by atoms with Gasteiger partial charge in [-0.2, -0.15) is 17.7 Å². The Balaban J connectivity index is 2.89. The van der Waals surface area contributed by atoms with Gasteiger partial charge in [-0.15, -0.1) is 0 Å². The third-order valence-electron chi connectivity index (χ3n) is 3.26. The first-order valence-corrected chi connectivity index (χ1v) is 7.09. The van der Waals surface area contributed by atoms with Crippen molar-refractivity contribution in [1.29, 1.82) is 0 Å². The van der Waals surface area contributed by atoms with Gasteiger partial charge in [-0.1, -0.05) is 34.6 Å². The minimum absolute atomic E-state index is 0.255. The molecule has 98 valence electrons. The molecule has 1 aromatic heterocycles. The van der Waals surface area contributed by atoms with E-state index in [0.29, 0.717) is 5.92 Å². The van der Waals surface area contributed by atoms with Crippen LogP contribution in [-0.4, -0.2) is 20.5 Å². The van der Waals surface area contributed by atoms with E-state index in [9.17, 15) is 0 Å². The number of aromatic nitrogens is 3. The molecule has 1 rings (SSSR count). The van der Waals surface area contributed by atoms with Crippen LogP contribution in [0.15, 0.2) is 0 Å². The number of nitrogens with zero attached hydrogens (tertiary/aromatic N) is 3. The fourth-order valence-corrected chi connectivity index (χ4v) is 2.46. The molecule has 1 heterocycles. The second-order valence-corrected chi connectivity index (χ2v) is 5.94. The molecule has 17 heavy (non-hydrogen) atoms. The predicted octanol–water partition coefficient (Wildman–Crippen LogP) is 3.00. The van der Waals surface area contributed by atoms with Crippen molar-refractivity contribution >= 4 is 12.6 Å². The molecule has 0 amide bonds. The molecule has 0 aromatic carbocycles. The Morgan fingerprint density at radius 1 is 1.24 bits per heavy atom. The summed E-state index contributed by atoms with van der Waals surface area (Å²) < 4.78 is 2.07. The summed E-state index contributed by atoms with van der Waals surface area (Å²) >= 11 is 4.47. The Morgan fingerprint density at radius 3 is 2.29 bits per heavy atom. The lowest BCUT2D eigenvalue weighted by molar-refractivity contribution is 0.228. The zero-order valence-electron chi connectivity index (χ0n) is 11.7. The Bertz CT molecular complexity index is 352. The van der Waals surface area contributed by atoms with Gasteiger partial charge in [-0.3, -0.25) is 0 Å². The summed E-state index contributed by atoms with van der Waals surface area (Å²) in [6, 6.07) is 0. The third kappa shape index (κ3) is 3.73. The SMILES string of the molecule is CCc1nc(CC)n(CC(CS)C(C)(C)C)n1. The maximum absolute atomic E-state index is 4.57. The number of rotatable bonds is 5. The van der Waals surface area contributed by atoms with E-state index in [2.05, 4.69) is 62.0 Å². The molecule has 0 bridgehead atoms. The van der Waals surface area contributed by atoms with Crippen molar-refractivity contribution in [2.24, 2.45) is 11.3 Å². The molecule has 4 heteroatoms. The van der Waals surface area contributed by atoms with Gasteiger partial charge in [-0.25, -0.2) is 9.67 Å². The Morgan fingerprint density at radius 2 is 1.88 bits per heavy atom. The average molecular weight is 255 g/mol. The Labute approximate surface area is 110 Å². The van der Waals surface area contributed by atoms with Crippen molar-refractivity contribution in [3.8, 4) is 0 Å². The minimum Gasteiger partial charge on any atom is -0.250 e. The monoisotopic (exact) mass is 255 g/mol. The second kappa shape index (κ2) is 5.89. The minimum atomic E-state index is 0.255. The first-order valence-electron chi connectivity index (χ1n) is 6.45. The zero-order chi connectivity index (χ0) is 13.1. The fourth-order valence-electron chi connectivity index (χ4n) is 1.80. The van der Waals surface area contributed by atoms with Crippen molar-refractivity contribution < 1.29 is 0 Å². The van der Waals surface area contributed by atoms with Crippen molar-refractivity contribution in [2.45, 2.75) is 54.0 Å². The van der Waals surface area contributed by atoms with Crippen LogP contribution in [-0.2, 0) is 19.4 Å². The number of thiol groups is 1. The smallest absolute Gasteiger partial charge is 0.150 e. The first kappa shape index (κ1) is 14.6. The number of aryl methyl sites for hydroxylation is 2. The summed E-state index contributed by atoms with van der Waals surface area (Å²) in [6.07, 6.45) is 1.84. The molecule has 0 radical (unpaired) electrons. The van der Waals surface area contributed by atoms with E-state index < -0.39 is 0 Å². The predicted molar refractivity (Wildman–Crippen MR) is 75.6 cm³/mol. The Kier molecular flexibility index (Phi) is 5.04. The first-order chi connectivity index (χ1) is 7.92. The lowest BCUT2D eigenvalue weighted by atomic mass is 9.82. The van der Waals surface area contributed by atoms with Gasteiger partial charge in [-0.05, 0) is 17.1 Å². The number of hydrogen-bond acceptors (Lipinski definition) is 3. The maximum Gasteiger partial charge on any atom is 0.150 e. The summed E-state index contributed by atoms with van der Waals surface area (Å²) in [5, 5.41) is 4.57. The lowest BCUT2D eigenvalue weighted by Gasteiger charge is -2.29. The van der Waals surface area contributed by atoms with E-state index in [1.165, 1.54) is 0 Å². The normalized spacial score (nSPS) is 14.0. The molecule has 1 aromatic rings. The highest BCUT2D eigenvalue weighted by atomic mass is 32.1. The Hall–Kier alpha value is -0.510. The molecule has 0 aliphatic heterocycles. The van der Waals surface area contributed by atoms with Crippen LogP contribution in [0.5, 0.6) is 0 Å². The molecule has 0 N–H and O–H groups in total. The van der Waals surface area contributed by atoms with Crippen molar-refractivity contribution in [3.05, 3.63) is 11.6 Å². The van der Waals surface area contributed by atoms with Crippen LogP contribution in [0.2, 0.25) is 0 Å². The maximum atomic E-state index is 4.57. The van der Waals surface area contributed by atoms with Crippen LogP contribution in [0.1, 0.15) is 46.3 Å². The van der Waals surface area contributed by atoms with Crippen LogP contribution < -0.4 is 0 Å². The molecular formula is C13H25N3S. The molecule has 0 aliphatic carbocycles. The van der Waals surface area contributed by atoms with Crippen molar-refractivity contribution in [1.82, 2.24) is 14.8 Å². The zero-order valence-corrected chi connectivity index (χ0v) is 12.6. The van der Waals surface area contributed by atoms with Gasteiger partial charge in [0.25, 0.3) is 0 Å². The van der Waals surface area contributed by atoms with Crippen molar-refractivity contribution in [2.75, 3.05) is 5.75 Å². The molecule has 0 saturated carbocycles. The van der Waals surface area contributed by atoms with Crippen LogP contribution in [0.3, 0.4) is 0 Å².